The van der Waals surface area contributed by atoms with Crippen molar-refractivity contribution in [2.45, 2.75) is 32.7 Å². The van der Waals surface area contributed by atoms with Crippen LogP contribution in [0.2, 0.25) is 0 Å². The van der Waals surface area contributed by atoms with Crippen molar-refractivity contribution in [3.05, 3.63) is 23.8 Å². The molecular weight excluding hydrogens is 228 g/mol. The molecule has 1 aliphatic heterocycles. The maximum absolute atomic E-state index is 11.8. The van der Waals surface area contributed by atoms with Crippen LogP contribution >= 0.6 is 0 Å². The minimum Gasteiger partial charge on any atom is -0.494 e. The summed E-state index contributed by atoms with van der Waals surface area (Å²) in [6.07, 6.45) is 1.99. The molecule has 0 fully saturated rings. The van der Waals surface area contributed by atoms with Crippen LogP contribution in [0.5, 0.6) is 5.75 Å². The topological polar surface area (TPSA) is 50.4 Å². The molecule has 0 saturated heterocycles. The molecule has 1 atom stereocenters. The molecule has 4 heteroatoms. The van der Waals surface area contributed by atoms with Crippen LogP contribution in [0.3, 0.4) is 0 Å². The van der Waals surface area contributed by atoms with Crippen molar-refractivity contribution in [2.24, 2.45) is 0 Å². The lowest BCUT2D eigenvalue weighted by Gasteiger charge is -2.11. The highest BCUT2D eigenvalue weighted by molar-refractivity contribution is 6.02. The highest BCUT2D eigenvalue weighted by Gasteiger charge is 2.29. The summed E-state index contributed by atoms with van der Waals surface area (Å²) in [6, 6.07) is 5.57. The largest absolute Gasteiger partial charge is 0.494 e. The lowest BCUT2D eigenvalue weighted by atomic mass is 10.1. The molecule has 1 unspecified atom stereocenters. The molecule has 1 aliphatic rings. The van der Waals surface area contributed by atoms with Gasteiger partial charge in [0, 0.05) is 17.3 Å². The number of carbonyl (C=O) groups excluding carboxylic acids is 1. The first-order valence-corrected chi connectivity index (χ1v) is 6.57. The Hall–Kier alpha value is -1.55. The molecule has 0 bridgehead atoms. The molecule has 1 aromatic carbocycles. The maximum atomic E-state index is 11.8. The van der Waals surface area contributed by atoms with Crippen LogP contribution in [0.15, 0.2) is 18.2 Å². The molecule has 0 spiro atoms. The summed E-state index contributed by atoms with van der Waals surface area (Å²) < 4.78 is 5.56. The van der Waals surface area contributed by atoms with Crippen molar-refractivity contribution >= 4 is 11.6 Å². The highest BCUT2D eigenvalue weighted by atomic mass is 16.5. The molecule has 0 aromatic heterocycles. The van der Waals surface area contributed by atoms with Crippen LogP contribution in [-0.4, -0.2) is 19.1 Å². The molecule has 98 valence electrons. The first-order chi connectivity index (χ1) is 8.76. The van der Waals surface area contributed by atoms with Crippen molar-refractivity contribution in [1.29, 1.82) is 0 Å². The summed E-state index contributed by atoms with van der Waals surface area (Å²) in [6.45, 7) is 5.69. The van der Waals surface area contributed by atoms with E-state index < -0.39 is 0 Å². The monoisotopic (exact) mass is 248 g/mol. The van der Waals surface area contributed by atoms with Crippen LogP contribution in [-0.2, 0) is 4.79 Å². The zero-order valence-corrected chi connectivity index (χ0v) is 11.0. The van der Waals surface area contributed by atoms with Gasteiger partial charge < -0.3 is 15.4 Å². The zero-order valence-electron chi connectivity index (χ0n) is 11.0. The molecule has 1 aromatic rings. The van der Waals surface area contributed by atoms with E-state index in [0.29, 0.717) is 6.61 Å². The van der Waals surface area contributed by atoms with E-state index in [9.17, 15) is 4.79 Å². The van der Waals surface area contributed by atoms with Crippen LogP contribution < -0.4 is 15.4 Å². The minimum atomic E-state index is -0.222. The van der Waals surface area contributed by atoms with Gasteiger partial charge in [-0.25, -0.2) is 0 Å². The minimum absolute atomic E-state index is 0.0195. The number of benzene rings is 1. The van der Waals surface area contributed by atoms with Crippen LogP contribution in [0.25, 0.3) is 0 Å². The second kappa shape index (κ2) is 5.87. The summed E-state index contributed by atoms with van der Waals surface area (Å²) in [5, 5.41) is 6.14. The summed E-state index contributed by atoms with van der Waals surface area (Å²) in [5.41, 5.74) is 1.87. The van der Waals surface area contributed by atoms with Gasteiger partial charge in [-0.2, -0.15) is 0 Å². The molecule has 1 amide bonds. The predicted molar refractivity (Wildman–Crippen MR) is 71.9 cm³/mol. The van der Waals surface area contributed by atoms with E-state index in [2.05, 4.69) is 24.5 Å². The molecular formula is C14H20N2O2. The molecule has 18 heavy (non-hydrogen) atoms. The fourth-order valence-electron chi connectivity index (χ4n) is 2.04. The Bertz CT molecular complexity index is 432. The highest BCUT2D eigenvalue weighted by Crippen LogP contribution is 2.33. The molecule has 2 N–H and O–H groups in total. The average molecular weight is 248 g/mol. The molecule has 2 rings (SSSR count). The van der Waals surface area contributed by atoms with Crippen molar-refractivity contribution in [3.63, 3.8) is 0 Å². The van der Waals surface area contributed by atoms with E-state index in [1.807, 2.05) is 18.2 Å². The zero-order chi connectivity index (χ0) is 13.0. The SMILES string of the molecule is CCCNC1C(=O)Nc2cc(OCCC)ccc21. The standard InChI is InChI=1S/C14H20N2O2/c1-3-7-15-13-11-6-5-10(18-8-4-2)9-12(11)16-14(13)17/h5-6,9,13,15H,3-4,7-8H2,1-2H3,(H,16,17). The van der Waals surface area contributed by atoms with E-state index in [0.717, 1.165) is 36.4 Å². The lowest BCUT2D eigenvalue weighted by Crippen LogP contribution is -2.27. The molecule has 0 aliphatic carbocycles. The number of hydrogen-bond acceptors (Lipinski definition) is 3. The third-order valence-electron chi connectivity index (χ3n) is 2.93. The van der Waals surface area contributed by atoms with E-state index in [1.165, 1.54) is 0 Å². The summed E-state index contributed by atoms with van der Waals surface area (Å²) in [4.78, 5) is 11.8. The van der Waals surface area contributed by atoms with Gasteiger partial charge >= 0.3 is 0 Å². The van der Waals surface area contributed by atoms with Crippen LogP contribution in [0, 0.1) is 0 Å². The number of hydrogen-bond donors (Lipinski definition) is 2. The van der Waals surface area contributed by atoms with E-state index in [4.69, 9.17) is 4.74 Å². The maximum Gasteiger partial charge on any atom is 0.246 e. The second-order valence-electron chi connectivity index (χ2n) is 4.47. The molecule has 4 nitrogen and oxygen atoms in total. The van der Waals surface area contributed by atoms with Crippen LogP contribution in [0.4, 0.5) is 5.69 Å². The van der Waals surface area contributed by atoms with Gasteiger partial charge in [0.2, 0.25) is 5.91 Å². The molecule has 1 heterocycles. The number of fused-ring (bicyclic) bond motifs is 1. The number of nitrogens with one attached hydrogen (secondary N) is 2. The number of rotatable bonds is 6. The van der Waals surface area contributed by atoms with Gasteiger partial charge in [0.25, 0.3) is 0 Å². The van der Waals surface area contributed by atoms with Crippen LogP contribution in [0.1, 0.15) is 38.3 Å². The molecule has 0 radical (unpaired) electrons. The number of ether oxygens (including phenoxy) is 1. The number of amides is 1. The Morgan fingerprint density at radius 3 is 2.89 bits per heavy atom. The van der Waals surface area contributed by atoms with Crippen molar-refractivity contribution < 1.29 is 9.53 Å². The Labute approximate surface area is 108 Å². The Morgan fingerprint density at radius 2 is 2.17 bits per heavy atom. The normalized spacial score (nSPS) is 17.4. The average Bonchev–Trinajstić information content (AvgIpc) is 2.68. The van der Waals surface area contributed by atoms with Crippen molar-refractivity contribution in [1.82, 2.24) is 5.32 Å². The van der Waals surface area contributed by atoms with Gasteiger partial charge in [-0.3, -0.25) is 4.79 Å². The van der Waals surface area contributed by atoms with E-state index >= 15 is 0 Å². The van der Waals surface area contributed by atoms with Gasteiger partial charge in [0.1, 0.15) is 11.8 Å². The predicted octanol–water partition coefficient (Wildman–Crippen LogP) is 2.47. The van der Waals surface area contributed by atoms with E-state index in [1.54, 1.807) is 0 Å². The summed E-state index contributed by atoms with van der Waals surface area (Å²) in [5.74, 6) is 0.832. The Balaban J connectivity index is 2.13. The Morgan fingerprint density at radius 1 is 1.33 bits per heavy atom. The van der Waals surface area contributed by atoms with Gasteiger partial charge in [-0.1, -0.05) is 19.9 Å². The summed E-state index contributed by atoms with van der Waals surface area (Å²) in [7, 11) is 0. The van der Waals surface area contributed by atoms with E-state index in [-0.39, 0.29) is 11.9 Å². The Kier molecular flexibility index (Phi) is 4.20. The number of carbonyl (C=O) groups is 1. The van der Waals surface area contributed by atoms with Crippen molar-refractivity contribution in [2.75, 3.05) is 18.5 Å². The van der Waals surface area contributed by atoms with Gasteiger partial charge in [0.15, 0.2) is 0 Å². The third-order valence-corrected chi connectivity index (χ3v) is 2.93. The first-order valence-electron chi connectivity index (χ1n) is 6.57. The fraction of sp³-hybridized carbons (Fsp3) is 0.500. The molecule has 0 saturated carbocycles. The quantitative estimate of drug-likeness (QED) is 0.813. The van der Waals surface area contributed by atoms with Gasteiger partial charge in [0.05, 0.1) is 6.61 Å². The van der Waals surface area contributed by atoms with Gasteiger partial charge in [-0.15, -0.1) is 0 Å². The smallest absolute Gasteiger partial charge is 0.246 e. The lowest BCUT2D eigenvalue weighted by molar-refractivity contribution is -0.117. The van der Waals surface area contributed by atoms with Crippen molar-refractivity contribution in [3.8, 4) is 5.75 Å². The first kappa shape index (κ1) is 12.9. The second-order valence-corrected chi connectivity index (χ2v) is 4.47. The number of anilines is 1. The summed E-state index contributed by atoms with van der Waals surface area (Å²) >= 11 is 0. The third kappa shape index (κ3) is 2.64. The van der Waals surface area contributed by atoms with Gasteiger partial charge in [-0.05, 0) is 25.5 Å². The fourth-order valence-corrected chi connectivity index (χ4v) is 2.04.